The lowest BCUT2D eigenvalue weighted by molar-refractivity contribution is -0.119. The van der Waals surface area contributed by atoms with Crippen LogP contribution in [-0.2, 0) is 9.53 Å². The number of rotatable bonds is 2. The van der Waals surface area contributed by atoms with E-state index in [0.717, 1.165) is 18.4 Å². The number of nitrogens with zero attached hydrogens (tertiary/aromatic N) is 3. The van der Waals surface area contributed by atoms with Crippen LogP contribution in [0.4, 0.5) is 0 Å². The van der Waals surface area contributed by atoms with Crippen LogP contribution >= 0.6 is 0 Å². The molecule has 0 aromatic carbocycles. The summed E-state index contributed by atoms with van der Waals surface area (Å²) in [6, 6.07) is 2.57. The second kappa shape index (κ2) is 6.01. The number of allylic oxidation sites excluding steroid dienone is 3. The molecule has 1 fully saturated rings. The summed E-state index contributed by atoms with van der Waals surface area (Å²) >= 11 is 0. The summed E-state index contributed by atoms with van der Waals surface area (Å²) in [5.41, 5.74) is 7.62. The minimum atomic E-state index is -0.470. The number of nitriles is 1. The Morgan fingerprint density at radius 1 is 1.35 bits per heavy atom. The molecular formula is C20H24N4O2. The molecule has 0 amide bonds. The number of ether oxygens (including phenoxy) is 1. The van der Waals surface area contributed by atoms with Gasteiger partial charge in [-0.15, -0.1) is 0 Å². The fourth-order valence-corrected chi connectivity index (χ4v) is 4.49. The monoisotopic (exact) mass is 352 g/mol. The van der Waals surface area contributed by atoms with E-state index >= 15 is 0 Å². The zero-order valence-corrected chi connectivity index (χ0v) is 15.3. The standard InChI is InChI=1S/C20H24N4O2/c1-20(2)7-15(25)18-16(8-20)26-19(22)14(9-21)17(18)12-10-23-24(11-12)13-5-3-4-6-13/h10-11,13,17H,3-8,22H2,1-2H3. The maximum Gasteiger partial charge on any atom is 0.205 e. The molecular weight excluding hydrogens is 328 g/mol. The van der Waals surface area contributed by atoms with Gasteiger partial charge in [-0.05, 0) is 18.3 Å². The van der Waals surface area contributed by atoms with E-state index in [-0.39, 0.29) is 17.1 Å². The molecule has 4 rings (SSSR count). The second-order valence-corrected chi connectivity index (χ2v) is 8.39. The molecule has 2 heterocycles. The Labute approximate surface area is 153 Å². The van der Waals surface area contributed by atoms with Crippen LogP contribution in [0, 0.1) is 16.7 Å². The van der Waals surface area contributed by atoms with E-state index in [9.17, 15) is 10.1 Å². The Kier molecular flexibility index (Phi) is 3.91. The molecule has 0 spiro atoms. The molecule has 0 saturated heterocycles. The van der Waals surface area contributed by atoms with Crippen LogP contribution in [0.15, 0.2) is 35.2 Å². The van der Waals surface area contributed by atoms with Crippen molar-refractivity contribution in [3.05, 3.63) is 40.7 Å². The van der Waals surface area contributed by atoms with Crippen molar-refractivity contribution in [2.75, 3.05) is 0 Å². The zero-order valence-electron chi connectivity index (χ0n) is 15.3. The van der Waals surface area contributed by atoms with Crippen molar-refractivity contribution >= 4 is 5.78 Å². The van der Waals surface area contributed by atoms with E-state index in [1.807, 2.05) is 24.7 Å². The van der Waals surface area contributed by atoms with E-state index in [0.29, 0.717) is 35.8 Å². The Hall–Kier alpha value is -2.55. The van der Waals surface area contributed by atoms with Crippen molar-refractivity contribution < 1.29 is 9.53 Å². The molecule has 1 atom stereocenters. The first-order valence-electron chi connectivity index (χ1n) is 9.27. The van der Waals surface area contributed by atoms with Crippen molar-refractivity contribution in [2.24, 2.45) is 11.1 Å². The second-order valence-electron chi connectivity index (χ2n) is 8.39. The van der Waals surface area contributed by atoms with E-state index in [1.54, 1.807) is 6.20 Å². The van der Waals surface area contributed by atoms with Gasteiger partial charge < -0.3 is 10.5 Å². The first-order chi connectivity index (χ1) is 12.4. The van der Waals surface area contributed by atoms with Gasteiger partial charge in [0.25, 0.3) is 0 Å². The number of hydrogen-bond acceptors (Lipinski definition) is 5. The van der Waals surface area contributed by atoms with Crippen LogP contribution in [-0.4, -0.2) is 15.6 Å². The number of carbonyl (C=O) groups excluding carboxylic acids is 1. The Balaban J connectivity index is 1.78. The summed E-state index contributed by atoms with van der Waals surface area (Å²) in [7, 11) is 0. The van der Waals surface area contributed by atoms with Crippen molar-refractivity contribution in [3.8, 4) is 6.07 Å². The molecule has 136 valence electrons. The topological polar surface area (TPSA) is 93.9 Å². The highest BCUT2D eigenvalue weighted by molar-refractivity contribution is 6.00. The fourth-order valence-electron chi connectivity index (χ4n) is 4.49. The quantitative estimate of drug-likeness (QED) is 0.880. The Bertz CT molecular complexity index is 863. The molecule has 6 heteroatoms. The van der Waals surface area contributed by atoms with Gasteiger partial charge >= 0.3 is 0 Å². The van der Waals surface area contributed by atoms with Crippen LogP contribution in [0.25, 0.3) is 0 Å². The summed E-state index contributed by atoms with van der Waals surface area (Å²) in [6.07, 6.45) is 9.53. The average molecular weight is 352 g/mol. The summed E-state index contributed by atoms with van der Waals surface area (Å²) in [6.45, 7) is 4.09. The molecule has 0 bridgehead atoms. The lowest BCUT2D eigenvalue weighted by Gasteiger charge is -2.36. The van der Waals surface area contributed by atoms with Crippen LogP contribution in [0.2, 0.25) is 0 Å². The summed E-state index contributed by atoms with van der Waals surface area (Å²) in [5, 5.41) is 14.2. The van der Waals surface area contributed by atoms with Crippen molar-refractivity contribution in [3.63, 3.8) is 0 Å². The van der Waals surface area contributed by atoms with Crippen LogP contribution in [0.5, 0.6) is 0 Å². The largest absolute Gasteiger partial charge is 0.444 e. The molecule has 1 saturated carbocycles. The molecule has 1 unspecified atom stereocenters. The number of aromatic nitrogens is 2. The highest BCUT2D eigenvalue weighted by Gasteiger charge is 2.43. The summed E-state index contributed by atoms with van der Waals surface area (Å²) in [5.74, 6) is 0.286. The molecule has 2 N–H and O–H groups in total. The van der Waals surface area contributed by atoms with Gasteiger partial charge in [0.15, 0.2) is 5.78 Å². The predicted molar refractivity (Wildman–Crippen MR) is 95.4 cm³/mol. The molecule has 1 aromatic heterocycles. The molecule has 1 aliphatic heterocycles. The average Bonchev–Trinajstić information content (AvgIpc) is 3.23. The summed E-state index contributed by atoms with van der Waals surface area (Å²) < 4.78 is 7.71. The minimum Gasteiger partial charge on any atom is -0.444 e. The third kappa shape index (κ3) is 2.72. The highest BCUT2D eigenvalue weighted by Crippen LogP contribution is 2.48. The molecule has 26 heavy (non-hydrogen) atoms. The first kappa shape index (κ1) is 16.9. The van der Waals surface area contributed by atoms with Gasteiger partial charge in [-0.1, -0.05) is 26.7 Å². The number of hydrogen-bond donors (Lipinski definition) is 1. The Morgan fingerprint density at radius 3 is 2.77 bits per heavy atom. The normalized spacial score (nSPS) is 25.9. The van der Waals surface area contributed by atoms with E-state index in [4.69, 9.17) is 10.5 Å². The predicted octanol–water partition coefficient (Wildman–Crippen LogP) is 3.45. The number of carbonyl (C=O) groups is 1. The molecule has 0 radical (unpaired) electrons. The van der Waals surface area contributed by atoms with E-state index in [2.05, 4.69) is 11.2 Å². The zero-order chi connectivity index (χ0) is 18.5. The smallest absolute Gasteiger partial charge is 0.205 e. The van der Waals surface area contributed by atoms with Crippen molar-refractivity contribution in [2.45, 2.75) is 64.3 Å². The Morgan fingerprint density at radius 2 is 2.08 bits per heavy atom. The van der Waals surface area contributed by atoms with E-state index < -0.39 is 5.92 Å². The van der Waals surface area contributed by atoms with Gasteiger partial charge in [0.1, 0.15) is 17.4 Å². The molecule has 3 aliphatic rings. The summed E-state index contributed by atoms with van der Waals surface area (Å²) in [4.78, 5) is 12.9. The molecule has 2 aliphatic carbocycles. The van der Waals surface area contributed by atoms with Crippen LogP contribution in [0.3, 0.4) is 0 Å². The minimum absolute atomic E-state index is 0.0371. The van der Waals surface area contributed by atoms with Gasteiger partial charge in [0, 0.05) is 30.2 Å². The van der Waals surface area contributed by atoms with Crippen molar-refractivity contribution in [1.29, 1.82) is 5.26 Å². The number of ketones is 1. The van der Waals surface area contributed by atoms with Crippen molar-refractivity contribution in [1.82, 2.24) is 9.78 Å². The third-order valence-electron chi connectivity index (χ3n) is 5.73. The van der Waals surface area contributed by atoms with Crippen LogP contribution in [0.1, 0.15) is 69.9 Å². The maximum absolute atomic E-state index is 12.9. The van der Waals surface area contributed by atoms with E-state index in [1.165, 1.54) is 12.8 Å². The number of nitrogens with two attached hydrogens (primary N) is 1. The van der Waals surface area contributed by atoms with Gasteiger partial charge in [0.2, 0.25) is 5.88 Å². The van der Waals surface area contributed by atoms with Gasteiger partial charge in [-0.3, -0.25) is 9.48 Å². The molecule has 1 aromatic rings. The third-order valence-corrected chi connectivity index (χ3v) is 5.73. The first-order valence-corrected chi connectivity index (χ1v) is 9.27. The molecule has 6 nitrogen and oxygen atoms in total. The maximum atomic E-state index is 12.9. The van der Waals surface area contributed by atoms with Gasteiger partial charge in [0.05, 0.1) is 18.2 Å². The lowest BCUT2D eigenvalue weighted by Crippen LogP contribution is -2.33. The SMILES string of the molecule is CC1(C)CC(=O)C2=C(C1)OC(N)=C(C#N)C2c1cnn(C2CCCC2)c1. The lowest BCUT2D eigenvalue weighted by atomic mass is 9.70. The fraction of sp³-hybridized carbons (Fsp3) is 0.550. The van der Waals surface area contributed by atoms with Crippen LogP contribution < -0.4 is 5.73 Å². The highest BCUT2D eigenvalue weighted by atomic mass is 16.5. The van der Waals surface area contributed by atoms with Gasteiger partial charge in [-0.2, -0.15) is 10.4 Å². The number of Topliss-reactive ketones (excluding diaryl/α,β-unsaturated/α-hetero) is 1. The van der Waals surface area contributed by atoms with Gasteiger partial charge in [-0.25, -0.2) is 0 Å².